The first kappa shape index (κ1) is 11.2. The maximum atomic E-state index is 11.0. The van der Waals surface area contributed by atoms with E-state index in [0.29, 0.717) is 5.92 Å². The summed E-state index contributed by atoms with van der Waals surface area (Å²) in [6.07, 6.45) is 1.72. The molecule has 12 heavy (non-hydrogen) atoms. The van der Waals surface area contributed by atoms with E-state index in [9.17, 15) is 4.79 Å². The molecule has 1 aliphatic heterocycles. The standard InChI is InChI=1S/C8H13NO.C2H6/c1-6-4-8(10)9(3)5-7(6)2;1-2/h4,7H,5H2,1-3H3;1-2H3. The molecule has 2 heteroatoms. The number of amides is 1. The molecule has 0 bridgehead atoms. The molecule has 0 fully saturated rings. The Morgan fingerprint density at radius 1 is 1.50 bits per heavy atom. The zero-order valence-electron chi connectivity index (χ0n) is 8.72. The molecule has 0 saturated carbocycles. The van der Waals surface area contributed by atoms with Gasteiger partial charge in [0.2, 0.25) is 5.91 Å². The fourth-order valence-corrected chi connectivity index (χ4v) is 1.09. The third-order valence-electron chi connectivity index (χ3n) is 2.05. The Morgan fingerprint density at radius 3 is 2.42 bits per heavy atom. The van der Waals surface area contributed by atoms with Crippen molar-refractivity contribution in [3.63, 3.8) is 0 Å². The van der Waals surface area contributed by atoms with E-state index in [1.54, 1.807) is 11.0 Å². The van der Waals surface area contributed by atoms with E-state index in [0.717, 1.165) is 6.54 Å². The monoisotopic (exact) mass is 169 g/mol. The Morgan fingerprint density at radius 2 is 2.00 bits per heavy atom. The van der Waals surface area contributed by atoms with Gasteiger partial charge in [0.05, 0.1) is 0 Å². The molecule has 0 aromatic heterocycles. The van der Waals surface area contributed by atoms with Crippen LogP contribution in [0, 0.1) is 5.92 Å². The molecule has 1 amide bonds. The van der Waals surface area contributed by atoms with Gasteiger partial charge in [-0.05, 0) is 12.8 Å². The first-order valence-corrected chi connectivity index (χ1v) is 4.54. The topological polar surface area (TPSA) is 20.3 Å². The van der Waals surface area contributed by atoms with Crippen molar-refractivity contribution in [3.8, 4) is 0 Å². The lowest BCUT2D eigenvalue weighted by atomic mass is 9.99. The molecule has 1 rings (SSSR count). The predicted molar refractivity (Wildman–Crippen MR) is 51.9 cm³/mol. The molecule has 1 atom stereocenters. The molecule has 0 N–H and O–H groups in total. The van der Waals surface area contributed by atoms with Crippen LogP contribution in [0.4, 0.5) is 0 Å². The van der Waals surface area contributed by atoms with Crippen molar-refractivity contribution in [1.82, 2.24) is 4.90 Å². The van der Waals surface area contributed by atoms with Crippen molar-refractivity contribution in [2.24, 2.45) is 5.92 Å². The summed E-state index contributed by atoms with van der Waals surface area (Å²) in [6.45, 7) is 9.01. The van der Waals surface area contributed by atoms with Gasteiger partial charge in [0.15, 0.2) is 0 Å². The Kier molecular flexibility index (Phi) is 4.64. The largest absolute Gasteiger partial charge is 0.342 e. The zero-order chi connectivity index (χ0) is 9.72. The second kappa shape index (κ2) is 4.96. The molecule has 2 nitrogen and oxygen atoms in total. The van der Waals surface area contributed by atoms with Crippen LogP contribution in [0.2, 0.25) is 0 Å². The van der Waals surface area contributed by atoms with Crippen LogP contribution in [0.1, 0.15) is 27.7 Å². The van der Waals surface area contributed by atoms with Crippen LogP contribution < -0.4 is 0 Å². The maximum absolute atomic E-state index is 11.0. The van der Waals surface area contributed by atoms with Crippen molar-refractivity contribution < 1.29 is 4.79 Å². The van der Waals surface area contributed by atoms with Gasteiger partial charge in [0.1, 0.15) is 0 Å². The molecule has 70 valence electrons. The lowest BCUT2D eigenvalue weighted by Crippen LogP contribution is -2.34. The van der Waals surface area contributed by atoms with E-state index < -0.39 is 0 Å². The van der Waals surface area contributed by atoms with Crippen molar-refractivity contribution in [2.75, 3.05) is 13.6 Å². The summed E-state index contributed by atoms with van der Waals surface area (Å²) in [7, 11) is 1.84. The first-order chi connectivity index (χ1) is 5.61. The first-order valence-electron chi connectivity index (χ1n) is 4.54. The number of likely N-dealkylation sites (N-methyl/N-ethyl adjacent to an activating group) is 1. The fraction of sp³-hybridized carbons (Fsp3) is 0.700. The number of hydrogen-bond acceptors (Lipinski definition) is 1. The summed E-state index contributed by atoms with van der Waals surface area (Å²) in [5.41, 5.74) is 1.20. The second-order valence-corrected chi connectivity index (χ2v) is 3.01. The molecule has 0 aromatic carbocycles. The van der Waals surface area contributed by atoms with Gasteiger partial charge in [0.25, 0.3) is 0 Å². The number of carbonyl (C=O) groups is 1. The zero-order valence-corrected chi connectivity index (χ0v) is 8.72. The predicted octanol–water partition coefficient (Wildman–Crippen LogP) is 2.07. The Balaban J connectivity index is 0.000000561. The average molecular weight is 169 g/mol. The summed E-state index contributed by atoms with van der Waals surface area (Å²) in [4.78, 5) is 12.7. The molecule has 1 heterocycles. The van der Waals surface area contributed by atoms with Crippen LogP contribution in [-0.4, -0.2) is 24.4 Å². The number of hydrogen-bond donors (Lipinski definition) is 0. The average Bonchev–Trinajstić information content (AvgIpc) is 2.05. The highest BCUT2D eigenvalue weighted by Gasteiger charge is 2.17. The summed E-state index contributed by atoms with van der Waals surface area (Å²) < 4.78 is 0. The van der Waals surface area contributed by atoms with Crippen LogP contribution in [0.5, 0.6) is 0 Å². The minimum Gasteiger partial charge on any atom is -0.342 e. The molecular weight excluding hydrogens is 150 g/mol. The molecular formula is C10H19NO. The maximum Gasteiger partial charge on any atom is 0.246 e. The summed E-state index contributed by atoms with van der Waals surface area (Å²) in [5.74, 6) is 0.665. The van der Waals surface area contributed by atoms with E-state index in [4.69, 9.17) is 0 Å². The van der Waals surface area contributed by atoms with Gasteiger partial charge in [-0.15, -0.1) is 0 Å². The molecule has 1 aliphatic rings. The van der Waals surface area contributed by atoms with Crippen molar-refractivity contribution >= 4 is 5.91 Å². The molecule has 0 spiro atoms. The molecule has 1 unspecified atom stereocenters. The van der Waals surface area contributed by atoms with Crippen LogP contribution in [-0.2, 0) is 4.79 Å². The summed E-state index contributed by atoms with van der Waals surface area (Å²) in [5, 5.41) is 0. The molecule has 0 radical (unpaired) electrons. The quantitative estimate of drug-likeness (QED) is 0.543. The lowest BCUT2D eigenvalue weighted by Gasteiger charge is -2.25. The van der Waals surface area contributed by atoms with Gasteiger partial charge < -0.3 is 4.90 Å². The van der Waals surface area contributed by atoms with Gasteiger partial charge in [-0.25, -0.2) is 0 Å². The lowest BCUT2D eigenvalue weighted by molar-refractivity contribution is -0.125. The summed E-state index contributed by atoms with van der Waals surface area (Å²) >= 11 is 0. The Hall–Kier alpha value is -0.790. The second-order valence-electron chi connectivity index (χ2n) is 3.01. The van der Waals surface area contributed by atoms with Crippen molar-refractivity contribution in [1.29, 1.82) is 0 Å². The highest BCUT2D eigenvalue weighted by atomic mass is 16.2. The number of carbonyl (C=O) groups excluding carboxylic acids is 1. The molecule has 0 aliphatic carbocycles. The van der Waals surface area contributed by atoms with E-state index in [1.165, 1.54) is 5.57 Å². The van der Waals surface area contributed by atoms with Gasteiger partial charge in [-0.2, -0.15) is 0 Å². The van der Waals surface area contributed by atoms with E-state index >= 15 is 0 Å². The number of rotatable bonds is 0. The van der Waals surface area contributed by atoms with Crippen molar-refractivity contribution in [2.45, 2.75) is 27.7 Å². The normalized spacial score (nSPS) is 22.8. The SMILES string of the molecule is CC.CC1=CC(=O)N(C)CC1C. The fourth-order valence-electron chi connectivity index (χ4n) is 1.09. The van der Waals surface area contributed by atoms with Crippen molar-refractivity contribution in [3.05, 3.63) is 11.6 Å². The third-order valence-corrected chi connectivity index (χ3v) is 2.05. The molecule has 0 saturated heterocycles. The summed E-state index contributed by atoms with van der Waals surface area (Å²) in [6, 6.07) is 0. The van der Waals surface area contributed by atoms with E-state index in [2.05, 4.69) is 6.92 Å². The van der Waals surface area contributed by atoms with Gasteiger partial charge in [0, 0.05) is 19.7 Å². The van der Waals surface area contributed by atoms with Crippen LogP contribution in [0.15, 0.2) is 11.6 Å². The van der Waals surface area contributed by atoms with Gasteiger partial charge in [-0.3, -0.25) is 4.79 Å². The van der Waals surface area contributed by atoms with Crippen LogP contribution >= 0.6 is 0 Å². The van der Waals surface area contributed by atoms with Gasteiger partial charge in [-0.1, -0.05) is 26.3 Å². The Labute approximate surface area is 75.3 Å². The molecule has 0 aromatic rings. The highest BCUT2D eigenvalue weighted by molar-refractivity contribution is 5.89. The van der Waals surface area contributed by atoms with Crippen LogP contribution in [0.25, 0.3) is 0 Å². The van der Waals surface area contributed by atoms with E-state index in [-0.39, 0.29) is 5.91 Å². The third kappa shape index (κ3) is 2.68. The smallest absolute Gasteiger partial charge is 0.246 e. The van der Waals surface area contributed by atoms with E-state index in [1.807, 2.05) is 27.8 Å². The number of nitrogens with zero attached hydrogens (tertiary/aromatic N) is 1. The minimum atomic E-state index is 0.135. The Bertz CT molecular complexity index is 184. The van der Waals surface area contributed by atoms with Crippen LogP contribution in [0.3, 0.4) is 0 Å². The van der Waals surface area contributed by atoms with Gasteiger partial charge >= 0.3 is 0 Å². The minimum absolute atomic E-state index is 0.135. The highest BCUT2D eigenvalue weighted by Crippen LogP contribution is 2.15.